The Kier molecular flexibility index (Phi) is 4.52. The molecule has 1 heterocycles. The van der Waals surface area contributed by atoms with E-state index in [4.69, 9.17) is 0 Å². The van der Waals surface area contributed by atoms with E-state index in [0.717, 1.165) is 0 Å². The van der Waals surface area contributed by atoms with Crippen LogP contribution in [0.15, 0.2) is 29.8 Å². The van der Waals surface area contributed by atoms with Gasteiger partial charge in [0.1, 0.15) is 5.76 Å². The number of hydrogen-bond donors (Lipinski definition) is 1. The van der Waals surface area contributed by atoms with Crippen LogP contribution in [-0.4, -0.2) is 24.7 Å². The van der Waals surface area contributed by atoms with Gasteiger partial charge >= 0.3 is 0 Å². The number of aliphatic hydroxyl groups is 1. The van der Waals surface area contributed by atoms with E-state index in [1.165, 1.54) is 24.9 Å². The van der Waals surface area contributed by atoms with Crippen molar-refractivity contribution in [3.05, 3.63) is 41.0 Å². The van der Waals surface area contributed by atoms with Crippen molar-refractivity contribution in [2.75, 3.05) is 0 Å². The highest BCUT2D eigenvalue weighted by Crippen LogP contribution is 2.40. The van der Waals surface area contributed by atoms with Crippen molar-refractivity contribution in [3.8, 4) is 0 Å². The predicted octanol–water partition coefficient (Wildman–Crippen LogP) is 4.87. The maximum Gasteiger partial charge on any atom is 0.234 e. The van der Waals surface area contributed by atoms with E-state index in [1.807, 2.05) is 0 Å². The first kappa shape index (κ1) is 17.2. The van der Waals surface area contributed by atoms with Crippen molar-refractivity contribution in [1.82, 2.24) is 0 Å². The van der Waals surface area contributed by atoms with Gasteiger partial charge in [0.15, 0.2) is 0 Å². The smallest absolute Gasteiger partial charge is 0.234 e. The lowest BCUT2D eigenvalue weighted by molar-refractivity contribution is -0.112. The fraction of sp³-hybridized carbons (Fsp3) is 0.500. The summed E-state index contributed by atoms with van der Waals surface area (Å²) in [4.78, 5) is 24.8. The maximum atomic E-state index is 12.5. The van der Waals surface area contributed by atoms with Gasteiger partial charge in [0.2, 0.25) is 11.6 Å². The number of carbonyl (C=O) groups is 2. The molecule has 1 aromatic rings. The van der Waals surface area contributed by atoms with Gasteiger partial charge in [0, 0.05) is 24.8 Å². The van der Waals surface area contributed by atoms with Crippen molar-refractivity contribution < 1.29 is 14.7 Å². The van der Waals surface area contributed by atoms with E-state index in [9.17, 15) is 14.7 Å². The molecule has 1 N–H and O–H groups in total. The van der Waals surface area contributed by atoms with Crippen molar-refractivity contribution in [3.63, 3.8) is 0 Å². The Balaban J connectivity index is 1.82. The molecule has 1 atom stereocenters. The average molecular weight is 343 g/mol. The summed E-state index contributed by atoms with van der Waals surface area (Å²) in [6.07, 6.45) is 2.93. The van der Waals surface area contributed by atoms with Crippen LogP contribution < -0.4 is 0 Å². The van der Waals surface area contributed by atoms with Crippen LogP contribution in [0, 0.1) is 11.8 Å². The molecule has 1 saturated heterocycles. The van der Waals surface area contributed by atoms with Crippen LogP contribution in [0.2, 0.25) is 25.2 Å². The van der Waals surface area contributed by atoms with Gasteiger partial charge < -0.3 is 5.11 Å². The number of fused-ring (bicyclic) bond motifs is 1. The number of allylic oxidation sites excluding steroid dienone is 1. The van der Waals surface area contributed by atoms with Crippen molar-refractivity contribution >= 4 is 25.4 Å². The maximum absolute atomic E-state index is 12.5. The van der Waals surface area contributed by atoms with Crippen LogP contribution >= 0.6 is 0 Å². The summed E-state index contributed by atoms with van der Waals surface area (Å²) in [6.45, 7) is 7.05. The van der Waals surface area contributed by atoms with Gasteiger partial charge in [-0.1, -0.05) is 69.2 Å². The molecule has 0 radical (unpaired) electrons. The molecule has 0 saturated carbocycles. The van der Waals surface area contributed by atoms with Crippen LogP contribution in [0.4, 0.5) is 0 Å². The molecule has 1 aliphatic heterocycles. The Morgan fingerprint density at radius 1 is 1.08 bits per heavy atom. The van der Waals surface area contributed by atoms with Gasteiger partial charge in [0.05, 0.1) is 0 Å². The Bertz CT molecular complexity index is 707. The van der Waals surface area contributed by atoms with Crippen molar-refractivity contribution in [1.29, 1.82) is 0 Å². The molecule has 0 bridgehead atoms. The van der Waals surface area contributed by atoms with E-state index >= 15 is 0 Å². The minimum Gasteiger partial charge on any atom is -0.507 e. The summed E-state index contributed by atoms with van der Waals surface area (Å²) in [5.74, 6) is -0.0981. The monoisotopic (exact) mass is 342 g/mol. The van der Waals surface area contributed by atoms with Gasteiger partial charge in [-0.2, -0.15) is 0 Å². The normalized spacial score (nSPS) is 22.5. The highest BCUT2D eigenvalue weighted by atomic mass is 28.3. The van der Waals surface area contributed by atoms with E-state index in [-0.39, 0.29) is 5.76 Å². The molecule has 128 valence electrons. The first-order valence-corrected chi connectivity index (χ1v) is 12.3. The SMILES string of the molecule is CC(CC1=C(O)c2ccccc2C(=O)C1=O)C1CC[Si](C)(C)CC1. The molecule has 2 aliphatic rings. The Hall–Kier alpha value is -1.68. The molecule has 4 heteroatoms. The van der Waals surface area contributed by atoms with Crippen molar-refractivity contribution in [2.24, 2.45) is 11.8 Å². The van der Waals surface area contributed by atoms with Crippen LogP contribution in [0.1, 0.15) is 42.1 Å². The standard InChI is InChI=1S/C20H26O3Si/c1-13(14-8-10-24(2,3)11-9-14)12-17-18(21)15-6-4-5-7-16(15)19(22)20(17)23/h4-7,13-14,21H,8-12H2,1-3H3. The molecule has 0 aromatic heterocycles. The van der Waals surface area contributed by atoms with Crippen molar-refractivity contribution in [2.45, 2.75) is 51.4 Å². The zero-order valence-corrected chi connectivity index (χ0v) is 15.8. The van der Waals surface area contributed by atoms with Gasteiger partial charge in [0.25, 0.3) is 0 Å². The summed E-state index contributed by atoms with van der Waals surface area (Å²) in [7, 11) is -0.998. The average Bonchev–Trinajstić information content (AvgIpc) is 2.56. The van der Waals surface area contributed by atoms with E-state index < -0.39 is 19.6 Å². The third kappa shape index (κ3) is 3.12. The van der Waals surface area contributed by atoms with Crippen LogP contribution in [0.25, 0.3) is 5.76 Å². The molecular formula is C20H26O3Si. The lowest BCUT2D eigenvalue weighted by Gasteiger charge is -2.36. The van der Waals surface area contributed by atoms with E-state index in [1.54, 1.807) is 24.3 Å². The molecule has 0 spiro atoms. The first-order valence-electron chi connectivity index (χ1n) is 8.91. The number of benzene rings is 1. The molecule has 24 heavy (non-hydrogen) atoms. The van der Waals surface area contributed by atoms with E-state index in [0.29, 0.717) is 35.0 Å². The quantitative estimate of drug-likeness (QED) is 0.630. The minimum atomic E-state index is -0.998. The van der Waals surface area contributed by atoms with Gasteiger partial charge in [-0.25, -0.2) is 0 Å². The number of Topliss-reactive ketones (excluding diaryl/α,β-unsaturated/α-hetero) is 2. The lowest BCUT2D eigenvalue weighted by atomic mass is 9.79. The lowest BCUT2D eigenvalue weighted by Crippen LogP contribution is -2.33. The summed E-state index contributed by atoms with van der Waals surface area (Å²) >= 11 is 0. The molecule has 3 rings (SSSR count). The fourth-order valence-electron chi connectivity index (χ4n) is 4.09. The molecular weight excluding hydrogens is 316 g/mol. The summed E-state index contributed by atoms with van der Waals surface area (Å²) in [6, 6.07) is 9.51. The second-order valence-corrected chi connectivity index (χ2v) is 13.5. The molecule has 3 nitrogen and oxygen atoms in total. The Morgan fingerprint density at radius 2 is 1.67 bits per heavy atom. The van der Waals surface area contributed by atoms with E-state index in [2.05, 4.69) is 20.0 Å². The second-order valence-electron chi connectivity index (χ2n) is 8.21. The van der Waals surface area contributed by atoms with Crippen LogP contribution in [-0.2, 0) is 4.79 Å². The van der Waals surface area contributed by atoms with Gasteiger partial charge in [-0.05, 0) is 18.3 Å². The zero-order chi connectivity index (χ0) is 17.5. The summed E-state index contributed by atoms with van der Waals surface area (Å²) < 4.78 is 0. The molecule has 0 amide bonds. The van der Waals surface area contributed by atoms with Gasteiger partial charge in [-0.3, -0.25) is 9.59 Å². The number of aliphatic hydroxyl groups excluding tert-OH is 1. The number of hydrogen-bond acceptors (Lipinski definition) is 3. The number of carbonyl (C=O) groups excluding carboxylic acids is 2. The largest absolute Gasteiger partial charge is 0.507 e. The first-order chi connectivity index (χ1) is 11.3. The minimum absolute atomic E-state index is 0.00700. The van der Waals surface area contributed by atoms with Crippen LogP contribution in [0.3, 0.4) is 0 Å². The summed E-state index contributed by atoms with van der Waals surface area (Å²) in [5.41, 5.74) is 1.14. The number of rotatable bonds is 3. The topological polar surface area (TPSA) is 54.4 Å². The predicted molar refractivity (Wildman–Crippen MR) is 98.9 cm³/mol. The summed E-state index contributed by atoms with van der Waals surface area (Å²) in [5, 5.41) is 10.6. The second kappa shape index (κ2) is 6.32. The number of ketones is 2. The third-order valence-electron chi connectivity index (χ3n) is 5.91. The third-order valence-corrected chi connectivity index (χ3v) is 9.19. The van der Waals surface area contributed by atoms with Gasteiger partial charge in [-0.15, -0.1) is 0 Å². The molecule has 1 unspecified atom stereocenters. The zero-order valence-electron chi connectivity index (χ0n) is 14.8. The fourth-order valence-corrected chi connectivity index (χ4v) is 6.64. The molecule has 1 fully saturated rings. The Morgan fingerprint density at radius 3 is 2.29 bits per heavy atom. The Labute approximate surface area is 144 Å². The van der Waals surface area contributed by atoms with Crippen LogP contribution in [0.5, 0.6) is 0 Å². The molecule has 1 aromatic carbocycles. The highest BCUT2D eigenvalue weighted by molar-refractivity contribution is 6.77. The molecule has 1 aliphatic carbocycles. The highest BCUT2D eigenvalue weighted by Gasteiger charge is 2.36.